The molecule has 126 valence electrons. The molecular formula is C17H23ClN2O3. The van der Waals surface area contributed by atoms with E-state index in [0.717, 1.165) is 38.5 Å². The Kier molecular flexibility index (Phi) is 5.73. The molecule has 0 bridgehead atoms. The molecule has 3 rings (SSSR count). The molecule has 1 saturated carbocycles. The van der Waals surface area contributed by atoms with E-state index in [9.17, 15) is 4.79 Å². The molecule has 0 aromatic carbocycles. The minimum atomic E-state index is 0.121. The fraction of sp³-hybridized carbons (Fsp3) is 0.647. The minimum Gasteiger partial charge on any atom is -0.474 e. The van der Waals surface area contributed by atoms with Gasteiger partial charge >= 0.3 is 0 Å². The second-order valence-corrected chi connectivity index (χ2v) is 6.74. The minimum absolute atomic E-state index is 0.121. The molecule has 1 amide bonds. The molecule has 23 heavy (non-hydrogen) atoms. The van der Waals surface area contributed by atoms with Crippen LogP contribution in [0.25, 0.3) is 0 Å². The second-order valence-electron chi connectivity index (χ2n) is 6.30. The summed E-state index contributed by atoms with van der Waals surface area (Å²) in [5.41, 5.74) is 0. The molecule has 1 saturated heterocycles. The van der Waals surface area contributed by atoms with Gasteiger partial charge in [0.2, 0.25) is 11.8 Å². The summed E-state index contributed by atoms with van der Waals surface area (Å²) in [6.07, 6.45) is 7.21. The summed E-state index contributed by atoms with van der Waals surface area (Å²) in [6, 6.07) is 3.84. The number of nitrogens with zero attached hydrogens (tertiary/aromatic N) is 1. The van der Waals surface area contributed by atoms with Crippen molar-refractivity contribution >= 4 is 17.5 Å². The summed E-state index contributed by atoms with van der Waals surface area (Å²) in [6.45, 7) is 1.40. The Morgan fingerprint density at radius 2 is 1.91 bits per heavy atom. The van der Waals surface area contributed by atoms with Crippen LogP contribution in [0.1, 0.15) is 38.5 Å². The van der Waals surface area contributed by atoms with E-state index in [1.165, 1.54) is 0 Å². The SMILES string of the molecule is O=C(NC1CCC(Oc2ccc(Cl)cn2)CC1)C1CCOCC1. The van der Waals surface area contributed by atoms with E-state index in [0.29, 0.717) is 24.1 Å². The van der Waals surface area contributed by atoms with Gasteiger partial charge in [0.15, 0.2) is 0 Å². The third-order valence-corrected chi connectivity index (χ3v) is 4.82. The van der Waals surface area contributed by atoms with Crippen molar-refractivity contribution in [2.24, 2.45) is 5.92 Å². The highest BCUT2D eigenvalue weighted by molar-refractivity contribution is 6.30. The van der Waals surface area contributed by atoms with Gasteiger partial charge in [-0.15, -0.1) is 0 Å². The van der Waals surface area contributed by atoms with Gasteiger partial charge in [0.05, 0.1) is 5.02 Å². The Morgan fingerprint density at radius 3 is 2.57 bits per heavy atom. The standard InChI is InChI=1S/C17H23ClN2O3/c18-13-1-6-16(19-11-13)23-15-4-2-14(3-5-15)20-17(21)12-7-9-22-10-8-12/h1,6,11-12,14-15H,2-5,7-10H2,(H,20,21). The Balaban J connectivity index is 1.41. The summed E-state index contributed by atoms with van der Waals surface area (Å²) < 4.78 is 11.2. The topological polar surface area (TPSA) is 60.5 Å². The molecule has 0 atom stereocenters. The molecule has 2 heterocycles. The average molecular weight is 339 g/mol. The van der Waals surface area contributed by atoms with Crippen LogP contribution in [0.3, 0.4) is 0 Å². The Hall–Kier alpha value is -1.33. The predicted molar refractivity (Wildman–Crippen MR) is 87.6 cm³/mol. The number of carbonyl (C=O) groups is 1. The maximum atomic E-state index is 12.3. The first-order valence-electron chi connectivity index (χ1n) is 8.37. The molecule has 1 aliphatic carbocycles. The number of nitrogens with one attached hydrogen (secondary N) is 1. The highest BCUT2D eigenvalue weighted by Crippen LogP contribution is 2.24. The number of carbonyl (C=O) groups excluding carboxylic acids is 1. The van der Waals surface area contributed by atoms with Crippen molar-refractivity contribution < 1.29 is 14.3 Å². The maximum absolute atomic E-state index is 12.3. The predicted octanol–water partition coefficient (Wildman–Crippen LogP) is 2.97. The highest BCUT2D eigenvalue weighted by atomic mass is 35.5. The fourth-order valence-electron chi connectivity index (χ4n) is 3.21. The summed E-state index contributed by atoms with van der Waals surface area (Å²) in [5.74, 6) is 0.928. The van der Waals surface area contributed by atoms with Crippen LogP contribution in [0, 0.1) is 5.92 Å². The third-order valence-electron chi connectivity index (χ3n) is 4.60. The Morgan fingerprint density at radius 1 is 1.17 bits per heavy atom. The molecule has 1 aromatic rings. The summed E-state index contributed by atoms with van der Waals surface area (Å²) in [4.78, 5) is 16.4. The van der Waals surface area contributed by atoms with Crippen LogP contribution in [0.5, 0.6) is 5.88 Å². The van der Waals surface area contributed by atoms with Crippen LogP contribution in [-0.4, -0.2) is 36.3 Å². The Labute approximate surface area is 141 Å². The number of amides is 1. The van der Waals surface area contributed by atoms with Crippen molar-refractivity contribution in [2.75, 3.05) is 13.2 Å². The van der Waals surface area contributed by atoms with Crippen molar-refractivity contribution in [3.63, 3.8) is 0 Å². The van der Waals surface area contributed by atoms with Crippen molar-refractivity contribution in [1.82, 2.24) is 10.3 Å². The lowest BCUT2D eigenvalue weighted by molar-refractivity contribution is -0.128. The fourth-order valence-corrected chi connectivity index (χ4v) is 3.32. The zero-order valence-corrected chi connectivity index (χ0v) is 13.9. The zero-order chi connectivity index (χ0) is 16.1. The van der Waals surface area contributed by atoms with Crippen molar-refractivity contribution in [3.8, 4) is 5.88 Å². The second kappa shape index (κ2) is 7.97. The summed E-state index contributed by atoms with van der Waals surface area (Å²) in [5, 5.41) is 3.81. The first-order chi connectivity index (χ1) is 11.2. The van der Waals surface area contributed by atoms with E-state index in [4.69, 9.17) is 21.1 Å². The van der Waals surface area contributed by atoms with Gasteiger partial charge in [-0.3, -0.25) is 4.79 Å². The monoisotopic (exact) mass is 338 g/mol. The smallest absolute Gasteiger partial charge is 0.223 e. The lowest BCUT2D eigenvalue weighted by Crippen LogP contribution is -2.43. The van der Waals surface area contributed by atoms with Gasteiger partial charge in [0.1, 0.15) is 6.10 Å². The Bertz CT molecular complexity index is 509. The molecule has 0 spiro atoms. The normalized spacial score (nSPS) is 25.8. The highest BCUT2D eigenvalue weighted by Gasteiger charge is 2.27. The van der Waals surface area contributed by atoms with Crippen LogP contribution < -0.4 is 10.1 Å². The molecule has 5 nitrogen and oxygen atoms in total. The van der Waals surface area contributed by atoms with Crippen molar-refractivity contribution in [1.29, 1.82) is 0 Å². The van der Waals surface area contributed by atoms with Gasteiger partial charge in [-0.1, -0.05) is 11.6 Å². The summed E-state index contributed by atoms with van der Waals surface area (Å²) in [7, 11) is 0. The van der Waals surface area contributed by atoms with Gasteiger partial charge in [0, 0.05) is 37.4 Å². The van der Waals surface area contributed by atoms with Gasteiger partial charge in [0.25, 0.3) is 0 Å². The molecular weight excluding hydrogens is 316 g/mol. The van der Waals surface area contributed by atoms with Crippen LogP contribution in [0.2, 0.25) is 5.02 Å². The quantitative estimate of drug-likeness (QED) is 0.916. The third kappa shape index (κ3) is 4.82. The molecule has 2 fully saturated rings. The lowest BCUT2D eigenvalue weighted by atomic mass is 9.91. The molecule has 1 N–H and O–H groups in total. The number of halogens is 1. The molecule has 1 aliphatic heterocycles. The van der Waals surface area contributed by atoms with Crippen LogP contribution in [0.4, 0.5) is 0 Å². The zero-order valence-electron chi connectivity index (χ0n) is 13.2. The average Bonchev–Trinajstić information content (AvgIpc) is 2.59. The van der Waals surface area contributed by atoms with Crippen LogP contribution in [0.15, 0.2) is 18.3 Å². The number of pyridine rings is 1. The molecule has 2 aliphatic rings. The number of hydrogen-bond donors (Lipinski definition) is 1. The van der Waals surface area contributed by atoms with E-state index in [1.807, 2.05) is 0 Å². The number of ether oxygens (including phenoxy) is 2. The van der Waals surface area contributed by atoms with E-state index in [-0.39, 0.29) is 24.0 Å². The number of hydrogen-bond acceptors (Lipinski definition) is 4. The molecule has 6 heteroatoms. The molecule has 1 aromatic heterocycles. The first-order valence-corrected chi connectivity index (χ1v) is 8.75. The first kappa shape index (κ1) is 16.5. The number of aromatic nitrogens is 1. The van der Waals surface area contributed by atoms with E-state index >= 15 is 0 Å². The lowest BCUT2D eigenvalue weighted by Gasteiger charge is -2.31. The van der Waals surface area contributed by atoms with Gasteiger partial charge in [-0.05, 0) is 44.6 Å². The number of rotatable bonds is 4. The van der Waals surface area contributed by atoms with E-state index in [1.54, 1.807) is 18.3 Å². The van der Waals surface area contributed by atoms with Gasteiger partial charge in [-0.2, -0.15) is 0 Å². The van der Waals surface area contributed by atoms with E-state index in [2.05, 4.69) is 10.3 Å². The molecule has 0 radical (unpaired) electrons. The molecule has 0 unspecified atom stereocenters. The van der Waals surface area contributed by atoms with Crippen molar-refractivity contribution in [2.45, 2.75) is 50.7 Å². The van der Waals surface area contributed by atoms with Crippen LogP contribution >= 0.6 is 11.6 Å². The largest absolute Gasteiger partial charge is 0.474 e. The van der Waals surface area contributed by atoms with E-state index < -0.39 is 0 Å². The van der Waals surface area contributed by atoms with Crippen LogP contribution in [-0.2, 0) is 9.53 Å². The van der Waals surface area contributed by atoms with Crippen molar-refractivity contribution in [3.05, 3.63) is 23.4 Å². The van der Waals surface area contributed by atoms with Gasteiger partial charge in [-0.25, -0.2) is 4.98 Å². The van der Waals surface area contributed by atoms with Gasteiger partial charge < -0.3 is 14.8 Å². The summed E-state index contributed by atoms with van der Waals surface area (Å²) >= 11 is 5.82. The maximum Gasteiger partial charge on any atom is 0.223 e.